The lowest BCUT2D eigenvalue weighted by Gasteiger charge is -2.34. The first kappa shape index (κ1) is 27.9. The summed E-state index contributed by atoms with van der Waals surface area (Å²) in [6.45, 7) is 14.4. The van der Waals surface area contributed by atoms with Crippen molar-refractivity contribution in [2.75, 3.05) is 63.9 Å². The second-order valence-corrected chi connectivity index (χ2v) is 7.89. The van der Waals surface area contributed by atoms with Crippen LogP contribution < -0.4 is 15.5 Å². The molecular weight excluding hydrogens is 512 g/mol. The van der Waals surface area contributed by atoms with Gasteiger partial charge in [0.05, 0.1) is 31.0 Å². The van der Waals surface area contributed by atoms with Gasteiger partial charge >= 0.3 is 0 Å². The lowest BCUT2D eigenvalue weighted by Crippen LogP contribution is -2.52. The van der Waals surface area contributed by atoms with Gasteiger partial charge in [-0.25, -0.2) is 9.38 Å². The van der Waals surface area contributed by atoms with Gasteiger partial charge in [-0.2, -0.15) is 0 Å². The number of aliphatic hydroxyl groups is 1. The Morgan fingerprint density at radius 2 is 1.90 bits per heavy atom. The van der Waals surface area contributed by atoms with Crippen LogP contribution >= 0.6 is 24.0 Å². The van der Waals surface area contributed by atoms with Crippen LogP contribution in [0.3, 0.4) is 0 Å². The molecule has 0 amide bonds. The van der Waals surface area contributed by atoms with Crippen LogP contribution in [0.5, 0.6) is 0 Å². The molecule has 0 bridgehead atoms. The Hall–Kier alpha value is -1.17. The number of rotatable bonds is 10. The van der Waals surface area contributed by atoms with Gasteiger partial charge in [-0.3, -0.25) is 4.90 Å². The number of halogens is 2. The summed E-state index contributed by atoms with van der Waals surface area (Å²) >= 11 is 0. The number of nitrogens with zero attached hydrogens (tertiary/aromatic N) is 3. The Balaban J connectivity index is 0.00000480. The molecule has 1 fully saturated rings. The molecular formula is C22H39FIN5O2. The maximum absolute atomic E-state index is 14.5. The Labute approximate surface area is 203 Å². The molecule has 1 saturated heterocycles. The average Bonchev–Trinajstić information content (AvgIpc) is 2.72. The van der Waals surface area contributed by atoms with E-state index in [9.17, 15) is 9.50 Å². The fraction of sp³-hybridized carbons (Fsp3) is 0.682. The summed E-state index contributed by atoms with van der Waals surface area (Å²) in [5.74, 6) is 0.380. The highest BCUT2D eigenvalue weighted by Gasteiger charge is 2.25. The molecule has 1 aromatic rings. The van der Waals surface area contributed by atoms with E-state index in [4.69, 9.17) is 4.74 Å². The number of hydrogen-bond donors (Lipinski definition) is 3. The van der Waals surface area contributed by atoms with Crippen LogP contribution in [0.4, 0.5) is 10.1 Å². The van der Waals surface area contributed by atoms with Crippen molar-refractivity contribution >= 4 is 35.6 Å². The third-order valence-corrected chi connectivity index (χ3v) is 5.18. The summed E-state index contributed by atoms with van der Waals surface area (Å²) in [5.41, 5.74) is 0.531. The van der Waals surface area contributed by atoms with E-state index in [1.54, 1.807) is 6.07 Å². The first-order chi connectivity index (χ1) is 14.4. The van der Waals surface area contributed by atoms with Gasteiger partial charge < -0.3 is 25.4 Å². The number of hydrogen-bond acceptors (Lipinski definition) is 5. The molecule has 178 valence electrons. The Bertz CT molecular complexity index is 680. The predicted octanol–water partition coefficient (Wildman–Crippen LogP) is 2.43. The molecule has 1 atom stereocenters. The summed E-state index contributed by atoms with van der Waals surface area (Å²) in [4.78, 5) is 8.75. The molecule has 1 aliphatic rings. The van der Waals surface area contributed by atoms with Crippen LogP contribution in [0.15, 0.2) is 23.2 Å². The molecule has 0 saturated carbocycles. The first-order valence-corrected chi connectivity index (χ1v) is 11.0. The van der Waals surface area contributed by atoms with E-state index in [1.807, 2.05) is 44.7 Å². The zero-order valence-electron chi connectivity index (χ0n) is 19.3. The summed E-state index contributed by atoms with van der Waals surface area (Å²) in [6.07, 6.45) is 0. The molecule has 0 spiro atoms. The van der Waals surface area contributed by atoms with Crippen molar-refractivity contribution in [3.8, 4) is 0 Å². The zero-order valence-corrected chi connectivity index (χ0v) is 21.6. The van der Waals surface area contributed by atoms with E-state index >= 15 is 0 Å². The summed E-state index contributed by atoms with van der Waals surface area (Å²) in [5, 5.41) is 17.1. The number of guanidine groups is 1. The molecule has 1 aliphatic heterocycles. The van der Waals surface area contributed by atoms with Crippen LogP contribution in [0, 0.1) is 5.82 Å². The monoisotopic (exact) mass is 551 g/mol. The number of anilines is 1. The summed E-state index contributed by atoms with van der Waals surface area (Å²) < 4.78 is 19.9. The molecule has 3 N–H and O–H groups in total. The molecule has 7 nitrogen and oxygen atoms in total. The van der Waals surface area contributed by atoms with Crippen molar-refractivity contribution in [1.82, 2.24) is 15.5 Å². The topological polar surface area (TPSA) is 72.4 Å². The van der Waals surface area contributed by atoms with Crippen LogP contribution in [-0.2, 0) is 11.3 Å². The van der Waals surface area contributed by atoms with Gasteiger partial charge in [0.25, 0.3) is 0 Å². The number of β-amino-alcohol motifs (C(OH)–C–C–N with tert-alkyl or cyclic N) is 1. The highest BCUT2D eigenvalue weighted by atomic mass is 127. The minimum atomic E-state index is -0.898. The largest absolute Gasteiger partial charge is 0.387 e. The van der Waals surface area contributed by atoms with Crippen LogP contribution in [-0.4, -0.2) is 80.6 Å². The highest BCUT2D eigenvalue weighted by Crippen LogP contribution is 2.20. The fourth-order valence-corrected chi connectivity index (χ4v) is 3.55. The van der Waals surface area contributed by atoms with Crippen LogP contribution in [0.25, 0.3) is 0 Å². The van der Waals surface area contributed by atoms with Crippen molar-refractivity contribution in [3.63, 3.8) is 0 Å². The van der Waals surface area contributed by atoms with Crippen molar-refractivity contribution in [3.05, 3.63) is 29.6 Å². The highest BCUT2D eigenvalue weighted by molar-refractivity contribution is 14.0. The Kier molecular flexibility index (Phi) is 12.7. The van der Waals surface area contributed by atoms with Gasteiger partial charge in [0, 0.05) is 45.8 Å². The Morgan fingerprint density at radius 3 is 2.48 bits per heavy atom. The van der Waals surface area contributed by atoms with Gasteiger partial charge in [0.1, 0.15) is 5.82 Å². The predicted molar refractivity (Wildman–Crippen MR) is 136 cm³/mol. The lowest BCUT2D eigenvalue weighted by molar-refractivity contribution is -0.0201. The van der Waals surface area contributed by atoms with E-state index in [0.717, 1.165) is 31.7 Å². The van der Waals surface area contributed by atoms with Crippen molar-refractivity contribution in [2.24, 2.45) is 4.99 Å². The van der Waals surface area contributed by atoms with Gasteiger partial charge in [-0.05, 0) is 45.4 Å². The molecule has 9 heteroatoms. The standard InChI is InChI=1S/C22H38FN5O2.HI/c1-5-24-21(26-16-22(4,29)17-27-10-12-30-13-11-27)25-15-18-8-9-20(19(23)14-18)28(6-2)7-3;/h8-9,14,29H,5-7,10-13,15-17H2,1-4H3,(H2,24,25,26);1H. The summed E-state index contributed by atoms with van der Waals surface area (Å²) in [7, 11) is 0. The third kappa shape index (κ3) is 9.46. The quantitative estimate of drug-likeness (QED) is 0.236. The molecule has 31 heavy (non-hydrogen) atoms. The fourth-order valence-electron chi connectivity index (χ4n) is 3.55. The maximum atomic E-state index is 14.5. The molecule has 0 aromatic heterocycles. The summed E-state index contributed by atoms with van der Waals surface area (Å²) in [6, 6.07) is 5.29. The second kappa shape index (κ2) is 14.1. The minimum Gasteiger partial charge on any atom is -0.387 e. The van der Waals surface area contributed by atoms with Gasteiger partial charge in [-0.1, -0.05) is 6.07 Å². The molecule has 0 radical (unpaired) electrons. The third-order valence-electron chi connectivity index (χ3n) is 5.18. The van der Waals surface area contributed by atoms with Crippen LogP contribution in [0.1, 0.15) is 33.3 Å². The Morgan fingerprint density at radius 1 is 1.23 bits per heavy atom. The number of nitrogens with one attached hydrogen (secondary N) is 2. The van der Waals surface area contributed by atoms with Gasteiger partial charge in [0.2, 0.25) is 0 Å². The number of morpholine rings is 1. The average molecular weight is 551 g/mol. The van der Waals surface area contributed by atoms with Crippen molar-refractivity contribution in [2.45, 2.75) is 39.8 Å². The van der Waals surface area contributed by atoms with Crippen molar-refractivity contribution < 1.29 is 14.2 Å². The van der Waals surface area contributed by atoms with Crippen molar-refractivity contribution in [1.29, 1.82) is 0 Å². The molecule has 1 heterocycles. The molecule has 0 aliphatic carbocycles. The number of aliphatic imine (C=N–C) groups is 1. The van der Waals surface area contributed by atoms with E-state index in [1.165, 1.54) is 0 Å². The van der Waals surface area contributed by atoms with Gasteiger partial charge in [-0.15, -0.1) is 24.0 Å². The zero-order chi connectivity index (χ0) is 22.0. The smallest absolute Gasteiger partial charge is 0.191 e. The molecule has 1 unspecified atom stereocenters. The minimum absolute atomic E-state index is 0. The van der Waals surface area contributed by atoms with Gasteiger partial charge in [0.15, 0.2) is 5.96 Å². The number of ether oxygens (including phenoxy) is 1. The lowest BCUT2D eigenvalue weighted by atomic mass is 10.1. The SMILES string of the molecule is CCNC(=NCc1ccc(N(CC)CC)c(F)c1)NCC(C)(O)CN1CCOCC1.I. The second-order valence-electron chi connectivity index (χ2n) is 7.89. The van der Waals surface area contributed by atoms with E-state index in [-0.39, 0.29) is 29.8 Å². The van der Waals surface area contributed by atoms with E-state index in [0.29, 0.717) is 51.0 Å². The maximum Gasteiger partial charge on any atom is 0.191 e. The number of benzene rings is 1. The molecule has 2 rings (SSSR count). The first-order valence-electron chi connectivity index (χ1n) is 11.0. The molecule has 1 aromatic carbocycles. The van der Waals surface area contributed by atoms with Crippen LogP contribution in [0.2, 0.25) is 0 Å². The van der Waals surface area contributed by atoms with E-state index < -0.39 is 5.60 Å². The van der Waals surface area contributed by atoms with E-state index in [2.05, 4.69) is 20.5 Å². The normalized spacial score (nSPS) is 16.9.